The van der Waals surface area contributed by atoms with Crippen LogP contribution in [0.4, 0.5) is 5.69 Å². The van der Waals surface area contributed by atoms with E-state index in [4.69, 9.17) is 0 Å². The quantitative estimate of drug-likeness (QED) is 0.637. The van der Waals surface area contributed by atoms with Crippen molar-refractivity contribution < 1.29 is 18.4 Å². The molecule has 0 aromatic heterocycles. The molecule has 1 saturated heterocycles. The van der Waals surface area contributed by atoms with Gasteiger partial charge in [0.1, 0.15) is 0 Å². The van der Waals surface area contributed by atoms with E-state index in [9.17, 15) is 23.6 Å². The molecule has 0 spiro atoms. The van der Waals surface area contributed by atoms with Gasteiger partial charge in [-0.3, -0.25) is 10.1 Å². The predicted octanol–water partition coefficient (Wildman–Crippen LogP) is 1.75. The summed E-state index contributed by atoms with van der Waals surface area (Å²) in [7, 11) is -3.97. The fourth-order valence-electron chi connectivity index (χ4n) is 2.30. The highest BCUT2D eigenvalue weighted by molar-refractivity contribution is 9.10. The minimum atomic E-state index is -3.97. The molecular formula is C12H15BrN2O5S. The number of halogens is 1. The molecule has 116 valence electrons. The number of benzene rings is 1. The first kappa shape index (κ1) is 16.3. The Morgan fingerprint density at radius 2 is 2.14 bits per heavy atom. The summed E-state index contributed by atoms with van der Waals surface area (Å²) in [6.45, 7) is 2.05. The fraction of sp³-hybridized carbons (Fsp3) is 0.500. The highest BCUT2D eigenvalue weighted by Crippen LogP contribution is 2.31. The molecule has 0 saturated carbocycles. The minimum Gasteiger partial charge on any atom is -0.393 e. The second kappa shape index (κ2) is 5.99. The molecule has 1 aliphatic heterocycles. The first-order chi connectivity index (χ1) is 9.73. The van der Waals surface area contributed by atoms with Gasteiger partial charge in [0.25, 0.3) is 5.69 Å². The van der Waals surface area contributed by atoms with Gasteiger partial charge in [0, 0.05) is 23.6 Å². The Kier molecular flexibility index (Phi) is 4.66. The molecule has 2 rings (SSSR count). The predicted molar refractivity (Wildman–Crippen MR) is 79.3 cm³/mol. The number of aliphatic hydroxyl groups excluding tert-OH is 1. The second-order valence-electron chi connectivity index (χ2n) is 5.07. The minimum absolute atomic E-state index is 0.146. The van der Waals surface area contributed by atoms with Crippen LogP contribution in [0.2, 0.25) is 0 Å². The second-order valence-corrected chi connectivity index (χ2v) is 7.89. The molecule has 2 unspecified atom stereocenters. The maximum atomic E-state index is 12.6. The van der Waals surface area contributed by atoms with Crippen molar-refractivity contribution in [3.8, 4) is 0 Å². The van der Waals surface area contributed by atoms with Crippen molar-refractivity contribution in [1.82, 2.24) is 4.31 Å². The Labute approximate surface area is 130 Å². The summed E-state index contributed by atoms with van der Waals surface area (Å²) in [5.74, 6) is -0.209. The number of piperidine rings is 1. The van der Waals surface area contributed by atoms with Crippen LogP contribution in [0, 0.1) is 16.0 Å². The molecular weight excluding hydrogens is 364 g/mol. The largest absolute Gasteiger partial charge is 0.393 e. The summed E-state index contributed by atoms with van der Waals surface area (Å²) in [6, 6.07) is 3.84. The summed E-state index contributed by atoms with van der Waals surface area (Å²) in [5.41, 5.74) is -0.447. The number of hydrogen-bond donors (Lipinski definition) is 1. The van der Waals surface area contributed by atoms with Crippen LogP contribution in [0.3, 0.4) is 0 Å². The zero-order valence-corrected chi connectivity index (χ0v) is 13.7. The summed E-state index contributed by atoms with van der Waals surface area (Å²) in [4.78, 5) is 10.0. The maximum Gasteiger partial charge on any atom is 0.289 e. The Balaban J connectivity index is 2.45. The molecule has 1 N–H and O–H groups in total. The van der Waals surface area contributed by atoms with Crippen LogP contribution >= 0.6 is 15.9 Å². The third-order valence-corrected chi connectivity index (χ3v) is 5.95. The first-order valence-electron chi connectivity index (χ1n) is 6.35. The standard InChI is InChI=1S/C12H15BrN2O5S/c1-8-7-14(5-4-11(8)16)21(19,20)12-6-9(13)2-3-10(12)15(17)18/h2-3,6,8,11,16H,4-5,7H2,1H3. The van der Waals surface area contributed by atoms with Crippen molar-refractivity contribution in [2.24, 2.45) is 5.92 Å². The van der Waals surface area contributed by atoms with Gasteiger partial charge in [0.15, 0.2) is 4.90 Å². The first-order valence-corrected chi connectivity index (χ1v) is 8.59. The number of sulfonamides is 1. The van der Waals surface area contributed by atoms with Gasteiger partial charge in [-0.25, -0.2) is 8.42 Å². The average Bonchev–Trinajstić information content (AvgIpc) is 2.41. The van der Waals surface area contributed by atoms with Gasteiger partial charge in [-0.2, -0.15) is 4.31 Å². The van der Waals surface area contributed by atoms with E-state index in [-0.39, 0.29) is 23.9 Å². The van der Waals surface area contributed by atoms with Crippen LogP contribution in [-0.2, 0) is 10.0 Å². The molecule has 0 aliphatic carbocycles. The van der Waals surface area contributed by atoms with Crippen molar-refractivity contribution in [3.05, 3.63) is 32.8 Å². The summed E-state index contributed by atoms with van der Waals surface area (Å²) >= 11 is 3.14. The number of nitro benzene ring substituents is 1. The topological polar surface area (TPSA) is 101 Å². The lowest BCUT2D eigenvalue weighted by Gasteiger charge is -2.33. The van der Waals surface area contributed by atoms with Crippen LogP contribution < -0.4 is 0 Å². The van der Waals surface area contributed by atoms with Crippen LogP contribution in [0.15, 0.2) is 27.6 Å². The van der Waals surface area contributed by atoms with E-state index in [0.29, 0.717) is 10.9 Å². The van der Waals surface area contributed by atoms with Crippen LogP contribution in [-0.4, -0.2) is 41.9 Å². The van der Waals surface area contributed by atoms with Crippen LogP contribution in [0.5, 0.6) is 0 Å². The van der Waals surface area contributed by atoms with Gasteiger partial charge in [-0.1, -0.05) is 22.9 Å². The molecule has 1 aliphatic rings. The van der Waals surface area contributed by atoms with Gasteiger partial charge in [0.05, 0.1) is 11.0 Å². The van der Waals surface area contributed by atoms with Crippen molar-refractivity contribution in [2.75, 3.05) is 13.1 Å². The number of aliphatic hydroxyl groups is 1. The normalized spacial score (nSPS) is 24.0. The van der Waals surface area contributed by atoms with E-state index in [1.165, 1.54) is 22.5 Å². The lowest BCUT2D eigenvalue weighted by atomic mass is 9.99. The molecule has 1 fully saturated rings. The number of nitrogens with zero attached hydrogens (tertiary/aromatic N) is 2. The Hall–Kier alpha value is -1.03. The average molecular weight is 379 g/mol. The summed E-state index contributed by atoms with van der Waals surface area (Å²) in [6.07, 6.45) is -0.226. The third-order valence-electron chi connectivity index (χ3n) is 3.56. The molecule has 1 heterocycles. The molecule has 0 radical (unpaired) electrons. The lowest BCUT2D eigenvalue weighted by Crippen LogP contribution is -2.44. The zero-order chi connectivity index (χ0) is 15.8. The molecule has 7 nitrogen and oxygen atoms in total. The number of hydrogen-bond acceptors (Lipinski definition) is 5. The van der Waals surface area contributed by atoms with Gasteiger partial charge < -0.3 is 5.11 Å². The van der Waals surface area contributed by atoms with Crippen molar-refractivity contribution in [1.29, 1.82) is 0 Å². The van der Waals surface area contributed by atoms with E-state index in [1.807, 2.05) is 0 Å². The van der Waals surface area contributed by atoms with Crippen LogP contribution in [0.25, 0.3) is 0 Å². The van der Waals surface area contributed by atoms with Gasteiger partial charge in [-0.15, -0.1) is 0 Å². The van der Waals surface area contributed by atoms with Gasteiger partial charge in [0.2, 0.25) is 10.0 Å². The monoisotopic (exact) mass is 378 g/mol. The van der Waals surface area contributed by atoms with E-state index < -0.39 is 26.7 Å². The number of nitro groups is 1. The van der Waals surface area contributed by atoms with E-state index in [2.05, 4.69) is 15.9 Å². The lowest BCUT2D eigenvalue weighted by molar-refractivity contribution is -0.387. The van der Waals surface area contributed by atoms with Gasteiger partial charge >= 0.3 is 0 Å². The van der Waals surface area contributed by atoms with Gasteiger partial charge in [-0.05, 0) is 24.5 Å². The third kappa shape index (κ3) is 3.25. The van der Waals surface area contributed by atoms with E-state index in [0.717, 1.165) is 0 Å². The molecule has 1 aromatic rings. The van der Waals surface area contributed by atoms with Crippen LogP contribution in [0.1, 0.15) is 13.3 Å². The Bertz CT molecular complexity index is 664. The zero-order valence-electron chi connectivity index (χ0n) is 11.3. The summed E-state index contributed by atoms with van der Waals surface area (Å²) < 4.78 is 26.9. The van der Waals surface area contributed by atoms with E-state index >= 15 is 0 Å². The molecule has 9 heteroatoms. The molecule has 1 aromatic carbocycles. The number of rotatable bonds is 3. The van der Waals surface area contributed by atoms with Crippen molar-refractivity contribution >= 4 is 31.6 Å². The highest BCUT2D eigenvalue weighted by atomic mass is 79.9. The maximum absolute atomic E-state index is 12.6. The van der Waals surface area contributed by atoms with Crippen molar-refractivity contribution in [3.63, 3.8) is 0 Å². The van der Waals surface area contributed by atoms with E-state index in [1.54, 1.807) is 6.92 Å². The fourth-order valence-corrected chi connectivity index (χ4v) is 4.55. The Morgan fingerprint density at radius 3 is 2.71 bits per heavy atom. The molecule has 21 heavy (non-hydrogen) atoms. The summed E-state index contributed by atoms with van der Waals surface area (Å²) in [5, 5.41) is 20.7. The van der Waals surface area contributed by atoms with Crippen molar-refractivity contribution in [2.45, 2.75) is 24.3 Å². The SMILES string of the molecule is CC1CN(S(=O)(=O)c2cc(Br)ccc2[N+](=O)[O-])CCC1O. The molecule has 0 bridgehead atoms. The highest BCUT2D eigenvalue weighted by Gasteiger charge is 2.36. The smallest absolute Gasteiger partial charge is 0.289 e. The Morgan fingerprint density at radius 1 is 1.48 bits per heavy atom. The molecule has 0 amide bonds. The molecule has 2 atom stereocenters.